The fourth-order valence-corrected chi connectivity index (χ4v) is 7.80. The maximum Gasteiger partial charge on any atom is 0.347 e. The van der Waals surface area contributed by atoms with Gasteiger partial charge in [0.05, 0.1) is 56.5 Å². The zero-order valence-electron chi connectivity index (χ0n) is 28.2. The Hall–Kier alpha value is -5.64. The molecule has 4 aromatic rings. The van der Waals surface area contributed by atoms with Crippen LogP contribution in [0, 0.1) is 0 Å². The summed E-state index contributed by atoms with van der Waals surface area (Å²) >= 11 is 3.22. The summed E-state index contributed by atoms with van der Waals surface area (Å²) in [6.45, 7) is -0.176. The molecule has 0 saturated carbocycles. The first-order valence-electron chi connectivity index (χ1n) is 15.8. The smallest absolute Gasteiger partial charge is 0.347 e. The zero-order chi connectivity index (χ0) is 36.5. The van der Waals surface area contributed by atoms with Crippen LogP contribution in [0.15, 0.2) is 72.0 Å². The van der Waals surface area contributed by atoms with Crippen LogP contribution in [0.4, 0.5) is 0 Å². The van der Waals surface area contributed by atoms with E-state index in [1.165, 1.54) is 60.6 Å². The molecular weight excluding hydrogens is 730 g/mol. The first-order valence-corrected chi connectivity index (χ1v) is 16.6. The fraction of sp³-hybridized carbons (Fsp3) is 0.314. The fourth-order valence-electron chi connectivity index (χ4n) is 7.35. The second-order valence-corrected chi connectivity index (χ2v) is 13.1. The van der Waals surface area contributed by atoms with E-state index in [9.17, 15) is 29.1 Å². The lowest BCUT2D eigenvalue weighted by Gasteiger charge is -2.40. The van der Waals surface area contributed by atoms with E-state index in [2.05, 4.69) is 20.9 Å². The third kappa shape index (κ3) is 5.15. The number of hydrogen-bond donors (Lipinski definition) is 1. The highest BCUT2D eigenvalue weighted by Gasteiger charge is 2.46. The molecule has 0 fully saturated rings. The molecule has 2 aromatic carbocycles. The quantitative estimate of drug-likeness (QED) is 0.206. The van der Waals surface area contributed by atoms with Crippen LogP contribution in [-0.4, -0.2) is 68.6 Å². The minimum Gasteiger partial charge on any atom is -0.508 e. The van der Waals surface area contributed by atoms with E-state index in [0.29, 0.717) is 33.7 Å². The molecule has 0 spiro atoms. The number of halogens is 1. The number of ether oxygens (including phenoxy) is 4. The number of phenols is 1. The molecule has 0 bridgehead atoms. The zero-order valence-corrected chi connectivity index (χ0v) is 29.8. The summed E-state index contributed by atoms with van der Waals surface area (Å²) in [6.07, 6.45) is 2.90. The lowest BCUT2D eigenvalue weighted by Crippen LogP contribution is -2.40. The summed E-state index contributed by atoms with van der Waals surface area (Å²) in [4.78, 5) is 73.2. The van der Waals surface area contributed by atoms with Crippen molar-refractivity contribution >= 4 is 38.5 Å². The number of nitrogens with zero attached hydrogens (tertiary/aromatic N) is 5. The molecule has 51 heavy (non-hydrogen) atoms. The van der Waals surface area contributed by atoms with Crippen LogP contribution in [-0.2, 0) is 36.1 Å². The molecule has 2 aliphatic carbocycles. The number of carbonyl (C=O) groups excluding carboxylic acids is 2. The summed E-state index contributed by atoms with van der Waals surface area (Å²) in [6, 6.07) is 5.20. The Bertz CT molecular complexity index is 2460. The molecule has 3 heterocycles. The van der Waals surface area contributed by atoms with E-state index >= 15 is 0 Å². The van der Waals surface area contributed by atoms with Gasteiger partial charge in [0.2, 0.25) is 0 Å². The van der Waals surface area contributed by atoms with E-state index in [-0.39, 0.29) is 64.5 Å². The third-order valence-electron chi connectivity index (χ3n) is 9.72. The minimum atomic E-state index is -0.919. The van der Waals surface area contributed by atoms with Crippen LogP contribution in [0.3, 0.4) is 0 Å². The highest BCUT2D eigenvalue weighted by molar-refractivity contribution is 9.12. The average molecular weight is 763 g/mol. The third-order valence-corrected chi connectivity index (χ3v) is 10.3. The van der Waals surface area contributed by atoms with Crippen molar-refractivity contribution in [3.63, 3.8) is 0 Å². The lowest BCUT2D eigenvalue weighted by molar-refractivity contribution is -0.115. The number of allylic oxidation sites excluding steroid dienone is 6. The number of methoxy groups -OCH3 is 4. The summed E-state index contributed by atoms with van der Waals surface area (Å²) in [5, 5.41) is 10.4. The van der Waals surface area contributed by atoms with Gasteiger partial charge in [0.25, 0.3) is 5.56 Å². The second-order valence-electron chi connectivity index (χ2n) is 12.2. The van der Waals surface area contributed by atoms with Crippen LogP contribution in [0.5, 0.6) is 28.7 Å². The van der Waals surface area contributed by atoms with Crippen molar-refractivity contribution in [1.82, 2.24) is 23.5 Å². The first kappa shape index (κ1) is 33.8. The average Bonchev–Trinajstić information content (AvgIpc) is 3.37. The van der Waals surface area contributed by atoms with E-state index in [1.54, 1.807) is 25.3 Å². The normalized spacial score (nSPS) is 18.2. The summed E-state index contributed by atoms with van der Waals surface area (Å²) in [5.41, 5.74) is 0.777. The van der Waals surface area contributed by atoms with Gasteiger partial charge in [-0.3, -0.25) is 14.4 Å². The maximum atomic E-state index is 14.2. The molecule has 1 aliphatic heterocycles. The molecular formula is C35H32BrN5O10. The van der Waals surface area contributed by atoms with Crippen LogP contribution in [0.2, 0.25) is 0 Å². The Kier molecular flexibility index (Phi) is 8.36. The first-order chi connectivity index (χ1) is 24.4. The predicted molar refractivity (Wildman–Crippen MR) is 186 cm³/mol. The second kappa shape index (κ2) is 12.6. The number of aromatic hydroxyl groups is 1. The van der Waals surface area contributed by atoms with Gasteiger partial charge in [-0.15, -0.1) is 0 Å². The number of Topliss-reactive ketones (excluding diaryl/α,β-unsaturated/α-hetero) is 1. The monoisotopic (exact) mass is 761 g/mol. The van der Waals surface area contributed by atoms with Crippen molar-refractivity contribution in [3.05, 3.63) is 100 Å². The number of aryl methyl sites for hydroxylation is 2. The van der Waals surface area contributed by atoms with Crippen molar-refractivity contribution in [3.8, 4) is 28.7 Å². The van der Waals surface area contributed by atoms with E-state index in [1.807, 2.05) is 0 Å². The molecule has 16 heteroatoms. The van der Waals surface area contributed by atoms with Gasteiger partial charge in [0.1, 0.15) is 22.9 Å². The largest absolute Gasteiger partial charge is 0.508 e. The summed E-state index contributed by atoms with van der Waals surface area (Å²) in [5.74, 6) is -0.642. The van der Waals surface area contributed by atoms with Crippen LogP contribution in [0.1, 0.15) is 29.6 Å². The molecule has 3 aliphatic rings. The molecule has 264 valence electrons. The molecule has 2 aromatic heterocycles. The van der Waals surface area contributed by atoms with Crippen molar-refractivity contribution < 1.29 is 33.6 Å². The molecule has 0 amide bonds. The number of phenolic OH excluding ortho intramolecular Hbond substituents is 1. The molecule has 1 N–H and O–H groups in total. The van der Waals surface area contributed by atoms with Gasteiger partial charge in [-0.05, 0) is 21.5 Å². The van der Waals surface area contributed by atoms with Crippen molar-refractivity contribution in [2.75, 3.05) is 28.4 Å². The Morgan fingerprint density at radius 3 is 2.20 bits per heavy atom. The van der Waals surface area contributed by atoms with Gasteiger partial charge in [-0.2, -0.15) is 0 Å². The molecule has 2 atom stereocenters. The van der Waals surface area contributed by atoms with Crippen LogP contribution >= 0.6 is 15.9 Å². The van der Waals surface area contributed by atoms with E-state index < -0.39 is 40.5 Å². The number of benzene rings is 2. The maximum absolute atomic E-state index is 14.2. The summed E-state index contributed by atoms with van der Waals surface area (Å²) < 4.78 is 27.2. The van der Waals surface area contributed by atoms with Crippen LogP contribution < -0.4 is 35.9 Å². The molecule has 0 saturated heterocycles. The number of hydrogen-bond acceptors (Lipinski definition) is 11. The Morgan fingerprint density at radius 2 is 1.55 bits per heavy atom. The number of ketones is 2. The minimum absolute atomic E-state index is 0.0198. The summed E-state index contributed by atoms with van der Waals surface area (Å²) in [7, 11) is 7.38. The number of rotatable bonds is 8. The molecule has 0 radical (unpaired) electrons. The topological polar surface area (TPSA) is 175 Å². The van der Waals surface area contributed by atoms with Gasteiger partial charge >= 0.3 is 11.4 Å². The highest BCUT2D eigenvalue weighted by Crippen LogP contribution is 2.54. The SMILES string of the molecule is COc1cc2nc(CCn3c(=O)n4n(c3=O)[C@@H]3CC5=C(C(=O)C=C(Br)C5=O)[C@@H](c5c(OC)cc(O)cc5OC)C3=CC4)c(=O)n(C)c2cc1OC. The molecule has 15 nitrogen and oxygen atoms in total. The van der Waals surface area contributed by atoms with E-state index in [0.717, 1.165) is 4.57 Å². The number of carbonyl (C=O) groups is 2. The lowest BCUT2D eigenvalue weighted by atomic mass is 9.68. The van der Waals surface area contributed by atoms with Gasteiger partial charge in [-0.1, -0.05) is 6.08 Å². The number of aromatic nitrogens is 5. The molecule has 7 rings (SSSR count). The molecule has 0 unspecified atom stereocenters. The van der Waals surface area contributed by atoms with Crippen molar-refractivity contribution in [2.24, 2.45) is 7.05 Å². The highest BCUT2D eigenvalue weighted by atomic mass is 79.9. The van der Waals surface area contributed by atoms with Crippen LogP contribution in [0.25, 0.3) is 11.0 Å². The van der Waals surface area contributed by atoms with Crippen molar-refractivity contribution in [1.29, 1.82) is 0 Å². The van der Waals surface area contributed by atoms with Gasteiger partial charge in [0, 0.05) is 79.4 Å². The van der Waals surface area contributed by atoms with Crippen molar-refractivity contribution in [2.45, 2.75) is 37.9 Å². The predicted octanol–water partition coefficient (Wildman–Crippen LogP) is 2.44. The van der Waals surface area contributed by atoms with Gasteiger partial charge in [-0.25, -0.2) is 28.5 Å². The Balaban J connectivity index is 1.33. The standard InChI is InChI=1S/C35H32BrN5O10/c1-38-23-15-26(49-3)25(48-2)14-21(23)37-20(33(38)45)7-8-39-34(46)40-9-6-17-22(41(40)35(39)47)12-18-29(24(43)13-19(36)32(18)44)30(17)31-27(50-4)10-16(42)11-28(31)51-5/h6,10-11,13-15,22,30,42H,7-9,12H2,1-5H3/t22-,30+/m1/s1. The number of fused-ring (bicyclic) bond motifs is 4. The van der Waals surface area contributed by atoms with E-state index in [4.69, 9.17) is 18.9 Å². The Morgan fingerprint density at radius 1 is 0.902 bits per heavy atom. The van der Waals surface area contributed by atoms with Gasteiger partial charge in [0.15, 0.2) is 23.1 Å². The Labute approximate surface area is 297 Å². The van der Waals surface area contributed by atoms with Gasteiger partial charge < -0.3 is 28.6 Å².